The Bertz CT molecular complexity index is 896. The molecule has 7 heteroatoms. The van der Waals surface area contributed by atoms with E-state index in [1.165, 1.54) is 26.0 Å². The van der Waals surface area contributed by atoms with Gasteiger partial charge in [0.2, 0.25) is 0 Å². The standard InChI is InChI=1S/C22H22Br2O5/c1-28-21(27)11-14-8-17(23)22(18(24)9-14)29-15-6-7-19(25)16(12-15)20(26)10-13-4-2-3-5-13/h6-9,12-13,25H,2-5,10-11H2,1H3. The summed E-state index contributed by atoms with van der Waals surface area (Å²) in [6.45, 7) is 0. The fraction of sp³-hybridized carbons (Fsp3) is 0.364. The minimum atomic E-state index is -0.332. The first-order valence-corrected chi connectivity index (χ1v) is 11.0. The number of halogens is 2. The van der Waals surface area contributed by atoms with E-state index in [9.17, 15) is 14.7 Å². The van der Waals surface area contributed by atoms with Crippen molar-refractivity contribution in [3.8, 4) is 17.2 Å². The molecule has 0 heterocycles. The topological polar surface area (TPSA) is 72.8 Å². The summed E-state index contributed by atoms with van der Waals surface area (Å²) in [6, 6.07) is 8.23. The number of phenolic OH excluding ortho intramolecular Hbond substituents is 1. The van der Waals surface area contributed by atoms with Crippen LogP contribution in [0.5, 0.6) is 17.2 Å². The van der Waals surface area contributed by atoms with Crippen LogP contribution in [-0.4, -0.2) is 24.0 Å². The zero-order chi connectivity index (χ0) is 21.0. The average Bonchev–Trinajstić information content (AvgIpc) is 3.18. The van der Waals surface area contributed by atoms with Gasteiger partial charge in [0.15, 0.2) is 11.5 Å². The van der Waals surface area contributed by atoms with E-state index in [0.29, 0.717) is 32.8 Å². The Morgan fingerprint density at radius 1 is 1.10 bits per heavy atom. The van der Waals surface area contributed by atoms with Gasteiger partial charge in [-0.15, -0.1) is 0 Å². The predicted molar refractivity (Wildman–Crippen MR) is 117 cm³/mol. The maximum Gasteiger partial charge on any atom is 0.309 e. The van der Waals surface area contributed by atoms with Gasteiger partial charge in [-0.05, 0) is 73.7 Å². The van der Waals surface area contributed by atoms with E-state index in [2.05, 4.69) is 31.9 Å². The molecule has 0 bridgehead atoms. The number of ether oxygens (including phenoxy) is 2. The molecule has 0 aromatic heterocycles. The van der Waals surface area contributed by atoms with Gasteiger partial charge in [-0.25, -0.2) is 0 Å². The quantitative estimate of drug-likeness (QED) is 0.344. The Labute approximate surface area is 186 Å². The van der Waals surface area contributed by atoms with Gasteiger partial charge in [0.25, 0.3) is 0 Å². The van der Waals surface area contributed by atoms with Crippen molar-refractivity contribution in [1.82, 2.24) is 0 Å². The van der Waals surface area contributed by atoms with Crippen molar-refractivity contribution in [1.29, 1.82) is 0 Å². The normalized spacial score (nSPS) is 14.0. The number of carbonyl (C=O) groups is 2. The maximum absolute atomic E-state index is 12.7. The van der Waals surface area contributed by atoms with Crippen molar-refractivity contribution in [2.24, 2.45) is 5.92 Å². The van der Waals surface area contributed by atoms with Crippen molar-refractivity contribution < 1.29 is 24.2 Å². The minimum absolute atomic E-state index is 0.0353. The van der Waals surface area contributed by atoms with Crippen LogP contribution in [0.1, 0.15) is 48.0 Å². The SMILES string of the molecule is COC(=O)Cc1cc(Br)c(Oc2ccc(O)c(C(=O)CC3CCCC3)c2)c(Br)c1. The summed E-state index contributed by atoms with van der Waals surface area (Å²) in [6.07, 6.45) is 5.07. The molecule has 1 aliphatic carbocycles. The Kier molecular flexibility index (Phi) is 7.35. The molecule has 3 rings (SSSR count). The number of phenols is 1. The zero-order valence-electron chi connectivity index (χ0n) is 16.0. The van der Waals surface area contributed by atoms with Crippen LogP contribution in [0.4, 0.5) is 0 Å². The highest BCUT2D eigenvalue weighted by atomic mass is 79.9. The van der Waals surface area contributed by atoms with Crippen LogP contribution in [0.15, 0.2) is 39.3 Å². The summed E-state index contributed by atoms with van der Waals surface area (Å²) in [5, 5.41) is 10.2. The third kappa shape index (κ3) is 5.60. The highest BCUT2D eigenvalue weighted by Gasteiger charge is 2.22. The van der Waals surface area contributed by atoms with Gasteiger partial charge < -0.3 is 14.6 Å². The fourth-order valence-electron chi connectivity index (χ4n) is 3.56. The Morgan fingerprint density at radius 2 is 1.76 bits per heavy atom. The average molecular weight is 526 g/mol. The summed E-state index contributed by atoms with van der Waals surface area (Å²) in [4.78, 5) is 24.2. The Balaban J connectivity index is 1.79. The second-order valence-corrected chi connectivity index (χ2v) is 8.91. The summed E-state index contributed by atoms with van der Waals surface area (Å²) < 4.78 is 12.0. The van der Waals surface area contributed by atoms with Crippen LogP contribution in [0.2, 0.25) is 0 Å². The molecule has 5 nitrogen and oxygen atoms in total. The van der Waals surface area contributed by atoms with Gasteiger partial charge in [-0.1, -0.05) is 25.7 Å². The number of benzene rings is 2. The highest BCUT2D eigenvalue weighted by Crippen LogP contribution is 2.39. The van der Waals surface area contributed by atoms with Crippen molar-refractivity contribution in [3.05, 3.63) is 50.4 Å². The van der Waals surface area contributed by atoms with Crippen molar-refractivity contribution in [2.75, 3.05) is 7.11 Å². The number of ketones is 1. The molecular weight excluding hydrogens is 504 g/mol. The van der Waals surface area contributed by atoms with Gasteiger partial charge in [-0.3, -0.25) is 9.59 Å². The molecule has 1 aliphatic rings. The molecule has 0 atom stereocenters. The smallest absolute Gasteiger partial charge is 0.309 e. The van der Waals surface area contributed by atoms with Gasteiger partial charge in [0, 0.05) is 6.42 Å². The van der Waals surface area contributed by atoms with E-state index in [-0.39, 0.29) is 29.5 Å². The van der Waals surface area contributed by atoms with Crippen LogP contribution >= 0.6 is 31.9 Å². The molecule has 2 aromatic rings. The molecule has 0 amide bonds. The van der Waals surface area contributed by atoms with Crippen molar-refractivity contribution >= 4 is 43.6 Å². The first-order chi connectivity index (χ1) is 13.9. The molecule has 1 saturated carbocycles. The van der Waals surface area contributed by atoms with E-state index in [0.717, 1.165) is 18.4 Å². The lowest BCUT2D eigenvalue weighted by Gasteiger charge is -2.14. The van der Waals surface area contributed by atoms with Gasteiger partial charge >= 0.3 is 5.97 Å². The lowest BCUT2D eigenvalue weighted by molar-refractivity contribution is -0.139. The minimum Gasteiger partial charge on any atom is -0.507 e. The van der Waals surface area contributed by atoms with Gasteiger partial charge in [0.05, 0.1) is 28.0 Å². The molecule has 0 unspecified atom stereocenters. The van der Waals surface area contributed by atoms with Crippen LogP contribution in [0.3, 0.4) is 0 Å². The monoisotopic (exact) mass is 524 g/mol. The van der Waals surface area contributed by atoms with E-state index in [4.69, 9.17) is 9.47 Å². The largest absolute Gasteiger partial charge is 0.507 e. The molecule has 0 aliphatic heterocycles. The Morgan fingerprint density at radius 3 is 2.38 bits per heavy atom. The molecule has 154 valence electrons. The van der Waals surface area contributed by atoms with E-state index < -0.39 is 0 Å². The van der Waals surface area contributed by atoms with Crippen LogP contribution in [0, 0.1) is 5.92 Å². The highest BCUT2D eigenvalue weighted by molar-refractivity contribution is 9.11. The number of esters is 1. The second-order valence-electron chi connectivity index (χ2n) is 7.20. The number of Topliss-reactive ketones (excluding diaryl/α,β-unsaturated/α-hetero) is 1. The Hall–Kier alpha value is -1.86. The fourth-order valence-corrected chi connectivity index (χ4v) is 5.00. The van der Waals surface area contributed by atoms with E-state index >= 15 is 0 Å². The maximum atomic E-state index is 12.7. The molecular formula is C22H22Br2O5. The number of hydrogen-bond acceptors (Lipinski definition) is 5. The number of methoxy groups -OCH3 is 1. The van der Waals surface area contributed by atoms with Crippen molar-refractivity contribution in [3.63, 3.8) is 0 Å². The van der Waals surface area contributed by atoms with E-state index in [1.54, 1.807) is 24.3 Å². The molecule has 0 saturated heterocycles. The van der Waals surface area contributed by atoms with Crippen LogP contribution in [-0.2, 0) is 16.0 Å². The third-order valence-corrected chi connectivity index (χ3v) is 6.25. The molecule has 29 heavy (non-hydrogen) atoms. The van der Waals surface area contributed by atoms with Crippen LogP contribution < -0.4 is 4.74 Å². The number of carbonyl (C=O) groups excluding carboxylic acids is 2. The molecule has 0 radical (unpaired) electrons. The van der Waals surface area contributed by atoms with Gasteiger partial charge in [0.1, 0.15) is 11.5 Å². The summed E-state index contributed by atoms with van der Waals surface area (Å²) in [7, 11) is 1.35. The zero-order valence-corrected chi connectivity index (χ0v) is 19.2. The number of hydrogen-bond donors (Lipinski definition) is 1. The molecule has 0 spiro atoms. The van der Waals surface area contributed by atoms with Crippen LogP contribution in [0.25, 0.3) is 0 Å². The second kappa shape index (κ2) is 9.76. The molecule has 2 aromatic carbocycles. The first kappa shape index (κ1) is 21.8. The van der Waals surface area contributed by atoms with E-state index in [1.807, 2.05) is 0 Å². The third-order valence-electron chi connectivity index (χ3n) is 5.07. The molecule has 1 N–H and O–H groups in total. The summed E-state index contributed by atoms with van der Waals surface area (Å²) in [5.41, 5.74) is 1.05. The number of aromatic hydroxyl groups is 1. The van der Waals surface area contributed by atoms with Crippen molar-refractivity contribution in [2.45, 2.75) is 38.5 Å². The lowest BCUT2D eigenvalue weighted by Crippen LogP contribution is -2.06. The first-order valence-electron chi connectivity index (χ1n) is 9.46. The lowest BCUT2D eigenvalue weighted by atomic mass is 9.96. The molecule has 1 fully saturated rings. The number of rotatable bonds is 7. The summed E-state index contributed by atoms with van der Waals surface area (Å²) in [5.74, 6) is 0.926. The van der Waals surface area contributed by atoms with Gasteiger partial charge in [-0.2, -0.15) is 0 Å². The predicted octanol–water partition coefficient (Wildman–Crippen LogP) is 6.19. The summed E-state index contributed by atoms with van der Waals surface area (Å²) >= 11 is 6.93.